The molecular formula is C12H16N4O2S. The summed E-state index contributed by atoms with van der Waals surface area (Å²) in [7, 11) is -3.63. The van der Waals surface area contributed by atoms with Crippen molar-refractivity contribution in [3.63, 3.8) is 0 Å². The molecule has 1 aromatic rings. The molecule has 2 rings (SSSR count). The number of hydrogen-bond acceptors (Lipinski definition) is 5. The molecule has 0 spiro atoms. The molecule has 1 saturated heterocycles. The zero-order valence-corrected chi connectivity index (χ0v) is 11.3. The molecule has 0 aromatic carbocycles. The van der Waals surface area contributed by atoms with Crippen molar-refractivity contribution in [3.8, 4) is 6.07 Å². The fourth-order valence-electron chi connectivity index (χ4n) is 2.21. The lowest BCUT2D eigenvalue weighted by molar-refractivity contribution is 0.278. The summed E-state index contributed by atoms with van der Waals surface area (Å²) in [5, 5.41) is 8.95. The smallest absolute Gasteiger partial charge is 0.245 e. The number of sulfonamides is 1. The van der Waals surface area contributed by atoms with E-state index in [0.717, 1.165) is 12.8 Å². The van der Waals surface area contributed by atoms with E-state index in [1.54, 1.807) is 0 Å². The number of rotatable bonds is 3. The average molecular weight is 280 g/mol. The lowest BCUT2D eigenvalue weighted by Gasteiger charge is -2.30. The van der Waals surface area contributed by atoms with Crippen molar-refractivity contribution in [3.05, 3.63) is 24.0 Å². The summed E-state index contributed by atoms with van der Waals surface area (Å²) < 4.78 is 26.3. The third kappa shape index (κ3) is 2.76. The van der Waals surface area contributed by atoms with E-state index in [1.165, 1.54) is 22.6 Å². The maximum absolute atomic E-state index is 12.5. The molecule has 1 aromatic heterocycles. The van der Waals surface area contributed by atoms with Gasteiger partial charge in [-0.25, -0.2) is 13.4 Å². The van der Waals surface area contributed by atoms with Crippen molar-refractivity contribution in [1.82, 2.24) is 9.29 Å². The van der Waals surface area contributed by atoms with Crippen LogP contribution in [0.1, 0.15) is 18.5 Å². The third-order valence-electron chi connectivity index (χ3n) is 3.40. The Morgan fingerprint density at radius 3 is 2.74 bits per heavy atom. The molecule has 1 fully saturated rings. The summed E-state index contributed by atoms with van der Waals surface area (Å²) in [6, 6.07) is 4.78. The van der Waals surface area contributed by atoms with E-state index in [-0.39, 0.29) is 10.6 Å². The highest BCUT2D eigenvalue weighted by Crippen LogP contribution is 2.24. The lowest BCUT2D eigenvalue weighted by atomic mass is 9.99. The van der Waals surface area contributed by atoms with Gasteiger partial charge >= 0.3 is 0 Å². The van der Waals surface area contributed by atoms with Crippen LogP contribution < -0.4 is 5.73 Å². The Hall–Kier alpha value is -1.49. The Morgan fingerprint density at radius 1 is 1.47 bits per heavy atom. The average Bonchev–Trinajstić information content (AvgIpc) is 2.47. The summed E-state index contributed by atoms with van der Waals surface area (Å²) >= 11 is 0. The zero-order chi connectivity index (χ0) is 13.9. The quantitative estimate of drug-likeness (QED) is 0.859. The molecule has 6 nitrogen and oxygen atoms in total. The number of piperidine rings is 1. The van der Waals surface area contributed by atoms with Crippen LogP contribution in [0.25, 0.3) is 0 Å². The van der Waals surface area contributed by atoms with Crippen molar-refractivity contribution >= 4 is 10.0 Å². The second kappa shape index (κ2) is 5.65. The largest absolute Gasteiger partial charge is 0.330 e. The molecule has 2 heterocycles. The van der Waals surface area contributed by atoms with Crippen LogP contribution >= 0.6 is 0 Å². The molecule has 7 heteroatoms. The van der Waals surface area contributed by atoms with Gasteiger partial charge in [0.25, 0.3) is 0 Å². The van der Waals surface area contributed by atoms with Gasteiger partial charge in [-0.05, 0) is 37.4 Å². The van der Waals surface area contributed by atoms with Crippen LogP contribution in [-0.4, -0.2) is 37.3 Å². The number of nitrogens with zero attached hydrogens (tertiary/aromatic N) is 3. The van der Waals surface area contributed by atoms with Crippen LogP contribution in [0.3, 0.4) is 0 Å². The lowest BCUT2D eigenvalue weighted by Crippen LogP contribution is -2.40. The van der Waals surface area contributed by atoms with Gasteiger partial charge in [-0.1, -0.05) is 0 Å². The predicted molar refractivity (Wildman–Crippen MR) is 69.5 cm³/mol. The van der Waals surface area contributed by atoms with Crippen molar-refractivity contribution in [2.45, 2.75) is 17.7 Å². The molecule has 0 radical (unpaired) electrons. The van der Waals surface area contributed by atoms with Crippen LogP contribution in [0.4, 0.5) is 0 Å². The first-order chi connectivity index (χ1) is 9.09. The Bertz CT molecular complexity index is 586. The molecule has 19 heavy (non-hydrogen) atoms. The summed E-state index contributed by atoms with van der Waals surface area (Å²) in [6.45, 7) is 1.48. The summed E-state index contributed by atoms with van der Waals surface area (Å²) in [5.74, 6) is 0.385. The van der Waals surface area contributed by atoms with E-state index < -0.39 is 10.0 Å². The number of hydrogen-bond donors (Lipinski definition) is 1. The number of aromatic nitrogens is 1. The van der Waals surface area contributed by atoms with E-state index in [0.29, 0.717) is 25.6 Å². The first-order valence-corrected chi connectivity index (χ1v) is 7.59. The molecule has 0 bridgehead atoms. The second-order valence-corrected chi connectivity index (χ2v) is 6.45. The van der Waals surface area contributed by atoms with Gasteiger partial charge in [-0.15, -0.1) is 0 Å². The molecule has 102 valence electrons. The first kappa shape index (κ1) is 13.9. The molecule has 0 saturated carbocycles. The first-order valence-electron chi connectivity index (χ1n) is 6.15. The molecule has 0 amide bonds. The van der Waals surface area contributed by atoms with Gasteiger partial charge in [0.05, 0.1) is 0 Å². The van der Waals surface area contributed by atoms with E-state index in [4.69, 9.17) is 11.0 Å². The summed E-state index contributed by atoms with van der Waals surface area (Å²) in [6.07, 6.45) is 2.94. The van der Waals surface area contributed by atoms with Crippen molar-refractivity contribution in [2.24, 2.45) is 11.7 Å². The van der Waals surface area contributed by atoms with Gasteiger partial charge in [0.15, 0.2) is 5.69 Å². The highest BCUT2D eigenvalue weighted by Gasteiger charge is 2.30. The standard InChI is InChI=1S/C12H16N4O2S/c13-8-10-3-6-16(7-4-10)19(17,18)12-2-1-5-15-11(12)9-14/h1-2,5,10H,3-4,6-8,13H2. The minimum atomic E-state index is -3.63. The highest BCUT2D eigenvalue weighted by atomic mass is 32.2. The maximum Gasteiger partial charge on any atom is 0.245 e. The SMILES string of the molecule is N#Cc1ncccc1S(=O)(=O)N1CCC(CN)CC1. The fraction of sp³-hybridized carbons (Fsp3) is 0.500. The number of pyridine rings is 1. The van der Waals surface area contributed by atoms with Gasteiger partial charge in [-0.3, -0.25) is 0 Å². The molecule has 2 N–H and O–H groups in total. The van der Waals surface area contributed by atoms with Crippen molar-refractivity contribution in [1.29, 1.82) is 5.26 Å². The number of nitriles is 1. The van der Waals surface area contributed by atoms with Gasteiger partial charge in [0.1, 0.15) is 11.0 Å². The summed E-state index contributed by atoms with van der Waals surface area (Å²) in [5.41, 5.74) is 5.54. The fourth-order valence-corrected chi connectivity index (χ4v) is 3.77. The topological polar surface area (TPSA) is 100 Å². The second-order valence-electron chi connectivity index (χ2n) is 4.55. The van der Waals surface area contributed by atoms with Gasteiger partial charge in [-0.2, -0.15) is 9.57 Å². The van der Waals surface area contributed by atoms with E-state index in [2.05, 4.69) is 4.98 Å². The van der Waals surface area contributed by atoms with Gasteiger partial charge in [0, 0.05) is 19.3 Å². The molecule has 1 aliphatic heterocycles. The van der Waals surface area contributed by atoms with Crippen LogP contribution in [0, 0.1) is 17.2 Å². The highest BCUT2D eigenvalue weighted by molar-refractivity contribution is 7.89. The van der Waals surface area contributed by atoms with Crippen molar-refractivity contribution in [2.75, 3.05) is 19.6 Å². The third-order valence-corrected chi connectivity index (χ3v) is 5.33. The van der Waals surface area contributed by atoms with Crippen LogP contribution in [0.5, 0.6) is 0 Å². The summed E-state index contributed by atoms with van der Waals surface area (Å²) in [4.78, 5) is 3.79. The van der Waals surface area contributed by atoms with Crippen LogP contribution in [0.2, 0.25) is 0 Å². The Kier molecular flexibility index (Phi) is 4.14. The Morgan fingerprint density at radius 2 is 2.16 bits per heavy atom. The van der Waals surface area contributed by atoms with Crippen LogP contribution in [-0.2, 0) is 10.0 Å². The molecule has 0 unspecified atom stereocenters. The van der Waals surface area contributed by atoms with E-state index in [1.807, 2.05) is 6.07 Å². The number of nitrogens with two attached hydrogens (primary N) is 1. The molecule has 1 aliphatic rings. The van der Waals surface area contributed by atoms with Gasteiger partial charge < -0.3 is 5.73 Å². The van der Waals surface area contributed by atoms with E-state index >= 15 is 0 Å². The Balaban J connectivity index is 2.27. The monoisotopic (exact) mass is 280 g/mol. The van der Waals surface area contributed by atoms with Gasteiger partial charge in [0.2, 0.25) is 10.0 Å². The van der Waals surface area contributed by atoms with Crippen molar-refractivity contribution < 1.29 is 8.42 Å². The predicted octanol–water partition coefficient (Wildman–Crippen LogP) is 0.313. The maximum atomic E-state index is 12.5. The minimum Gasteiger partial charge on any atom is -0.330 e. The normalized spacial score (nSPS) is 18.1. The van der Waals surface area contributed by atoms with E-state index in [9.17, 15) is 8.42 Å². The molecular weight excluding hydrogens is 264 g/mol. The molecule has 0 atom stereocenters. The Labute approximate surface area is 112 Å². The minimum absolute atomic E-state index is 0.0105. The zero-order valence-electron chi connectivity index (χ0n) is 10.5. The van der Waals surface area contributed by atoms with Crippen LogP contribution in [0.15, 0.2) is 23.2 Å². The molecule has 0 aliphatic carbocycles.